The number of rotatable bonds is 2. The first-order valence-corrected chi connectivity index (χ1v) is 9.40. The summed E-state index contributed by atoms with van der Waals surface area (Å²) in [5.74, 6) is 0.910. The number of furan rings is 1. The molecule has 2 heterocycles. The van der Waals surface area contributed by atoms with Crippen LogP contribution < -0.4 is 0 Å². The first-order valence-electron chi connectivity index (χ1n) is 9.40. The second-order valence-electron chi connectivity index (χ2n) is 8.32. The zero-order chi connectivity index (χ0) is 19.2. The van der Waals surface area contributed by atoms with Gasteiger partial charge in [0.2, 0.25) is 0 Å². The Morgan fingerprint density at radius 3 is 2.15 bits per heavy atom. The maximum Gasteiger partial charge on any atom is 0.153 e. The van der Waals surface area contributed by atoms with Gasteiger partial charge in [0.15, 0.2) is 5.58 Å². The zero-order valence-electron chi connectivity index (χ0n) is 16.6. The summed E-state index contributed by atoms with van der Waals surface area (Å²) < 4.78 is 6.17. The molecule has 0 unspecified atom stereocenters. The minimum absolute atomic E-state index is 0.135. The quantitative estimate of drug-likeness (QED) is 0.384. The molecule has 2 heteroatoms. The molecule has 0 radical (unpaired) electrons. The van der Waals surface area contributed by atoms with Gasteiger partial charge in [0, 0.05) is 16.5 Å². The summed E-state index contributed by atoms with van der Waals surface area (Å²) in [5.41, 5.74) is 8.06. The second-order valence-corrected chi connectivity index (χ2v) is 8.32. The lowest BCUT2D eigenvalue weighted by molar-refractivity contribution is 0.588. The highest BCUT2D eigenvalue weighted by Gasteiger charge is 2.18. The van der Waals surface area contributed by atoms with E-state index in [1.807, 2.05) is 24.4 Å². The van der Waals surface area contributed by atoms with Gasteiger partial charge in [-0.2, -0.15) is 0 Å². The van der Waals surface area contributed by atoms with Crippen molar-refractivity contribution in [3.05, 3.63) is 77.5 Å². The van der Waals surface area contributed by atoms with Gasteiger partial charge in [0.25, 0.3) is 0 Å². The van der Waals surface area contributed by atoms with Crippen molar-refractivity contribution < 1.29 is 4.42 Å². The van der Waals surface area contributed by atoms with E-state index in [4.69, 9.17) is 4.42 Å². The Bertz CT molecular complexity index is 1090. The van der Waals surface area contributed by atoms with Crippen LogP contribution in [0.1, 0.15) is 37.5 Å². The lowest BCUT2D eigenvalue weighted by atomic mass is 9.83. The van der Waals surface area contributed by atoms with E-state index in [1.54, 1.807) is 0 Å². The summed E-state index contributed by atoms with van der Waals surface area (Å²) in [6, 6.07) is 19.0. The van der Waals surface area contributed by atoms with E-state index in [2.05, 4.69) is 76.0 Å². The van der Waals surface area contributed by atoms with Gasteiger partial charge in [-0.15, -0.1) is 0 Å². The lowest BCUT2D eigenvalue weighted by Gasteiger charge is -2.21. The third-order valence-electron chi connectivity index (χ3n) is 5.12. The average Bonchev–Trinajstić information content (AvgIpc) is 3.03. The molecule has 0 atom stereocenters. The Morgan fingerprint density at radius 2 is 1.52 bits per heavy atom. The molecule has 0 N–H and O–H groups in total. The van der Waals surface area contributed by atoms with Crippen molar-refractivity contribution in [2.24, 2.45) is 0 Å². The Kier molecular flexibility index (Phi) is 4.15. The highest BCUT2D eigenvalue weighted by molar-refractivity contribution is 5.86. The number of fused-ring (bicyclic) bond motifs is 1. The molecule has 0 amide bonds. The molecule has 2 nitrogen and oxygen atoms in total. The summed E-state index contributed by atoms with van der Waals surface area (Å²) in [6.45, 7) is 11.1. The summed E-state index contributed by atoms with van der Waals surface area (Å²) in [6.07, 6.45) is 1.83. The fourth-order valence-electron chi connectivity index (χ4n) is 3.62. The van der Waals surface area contributed by atoms with E-state index in [9.17, 15) is 0 Å². The molecule has 2 aromatic carbocycles. The van der Waals surface area contributed by atoms with Crippen LogP contribution in [-0.4, -0.2) is 4.98 Å². The van der Waals surface area contributed by atoms with Gasteiger partial charge in [0.1, 0.15) is 5.76 Å². The molecule has 4 rings (SSSR count). The molecule has 0 aliphatic carbocycles. The summed E-state index contributed by atoms with van der Waals surface area (Å²) in [7, 11) is 0. The molecule has 136 valence electrons. The standard InChI is InChI=1S/C25H25NO/c1-16-11-20(25(3,4)5)12-17(2)24(16)22-14-19-13-21(26-15-23(19)27-22)18-9-7-6-8-10-18/h6-15H,1-5H3. The molecule has 0 bridgehead atoms. The lowest BCUT2D eigenvalue weighted by Crippen LogP contribution is -2.12. The summed E-state index contributed by atoms with van der Waals surface area (Å²) in [4.78, 5) is 4.58. The number of aryl methyl sites for hydroxylation is 2. The van der Waals surface area contributed by atoms with Gasteiger partial charge in [0.05, 0.1) is 11.9 Å². The fraction of sp³-hybridized carbons (Fsp3) is 0.240. The van der Waals surface area contributed by atoms with Crippen LogP contribution in [0.5, 0.6) is 0 Å². The smallest absolute Gasteiger partial charge is 0.153 e. The largest absolute Gasteiger partial charge is 0.454 e. The van der Waals surface area contributed by atoms with Crippen LogP contribution in [0.25, 0.3) is 33.6 Å². The van der Waals surface area contributed by atoms with E-state index in [0.717, 1.165) is 28.0 Å². The van der Waals surface area contributed by atoms with Crippen molar-refractivity contribution in [3.8, 4) is 22.6 Å². The number of nitrogens with zero attached hydrogens (tertiary/aromatic N) is 1. The van der Waals surface area contributed by atoms with Gasteiger partial charge in [-0.25, -0.2) is 0 Å². The molecular formula is C25H25NO. The molecular weight excluding hydrogens is 330 g/mol. The molecule has 0 aliphatic rings. The van der Waals surface area contributed by atoms with Crippen LogP contribution >= 0.6 is 0 Å². The van der Waals surface area contributed by atoms with Crippen molar-refractivity contribution in [3.63, 3.8) is 0 Å². The van der Waals surface area contributed by atoms with Crippen LogP contribution in [0.2, 0.25) is 0 Å². The van der Waals surface area contributed by atoms with Crippen LogP contribution in [0.15, 0.2) is 65.2 Å². The molecule has 27 heavy (non-hydrogen) atoms. The number of aromatic nitrogens is 1. The van der Waals surface area contributed by atoms with Crippen molar-refractivity contribution in [2.75, 3.05) is 0 Å². The summed E-state index contributed by atoms with van der Waals surface area (Å²) >= 11 is 0. The van der Waals surface area contributed by atoms with Gasteiger partial charge in [-0.3, -0.25) is 4.98 Å². The highest BCUT2D eigenvalue weighted by Crippen LogP contribution is 2.36. The number of hydrogen-bond donors (Lipinski definition) is 0. The molecule has 0 fully saturated rings. The number of benzene rings is 2. The number of pyridine rings is 1. The van der Waals surface area contributed by atoms with E-state index in [0.29, 0.717) is 0 Å². The third-order valence-corrected chi connectivity index (χ3v) is 5.12. The molecule has 0 saturated heterocycles. The van der Waals surface area contributed by atoms with E-state index >= 15 is 0 Å². The Hall–Kier alpha value is -2.87. The minimum Gasteiger partial charge on any atom is -0.454 e. The van der Waals surface area contributed by atoms with E-state index in [-0.39, 0.29) is 5.41 Å². The van der Waals surface area contributed by atoms with Crippen molar-refractivity contribution in [1.82, 2.24) is 4.98 Å². The topological polar surface area (TPSA) is 26.0 Å². The fourth-order valence-corrected chi connectivity index (χ4v) is 3.62. The molecule has 0 spiro atoms. The average molecular weight is 355 g/mol. The first kappa shape index (κ1) is 17.5. The minimum atomic E-state index is 0.135. The van der Waals surface area contributed by atoms with Gasteiger partial charge in [-0.05, 0) is 48.1 Å². The first-order chi connectivity index (χ1) is 12.8. The van der Waals surface area contributed by atoms with Gasteiger partial charge < -0.3 is 4.42 Å². The third kappa shape index (κ3) is 3.28. The Labute approximate surface area is 160 Å². The van der Waals surface area contributed by atoms with Crippen molar-refractivity contribution in [2.45, 2.75) is 40.0 Å². The highest BCUT2D eigenvalue weighted by atomic mass is 16.3. The predicted molar refractivity (Wildman–Crippen MR) is 113 cm³/mol. The predicted octanol–water partition coefficient (Wildman–Crippen LogP) is 7.08. The van der Waals surface area contributed by atoms with Crippen LogP contribution in [-0.2, 0) is 5.41 Å². The molecule has 4 aromatic rings. The van der Waals surface area contributed by atoms with Gasteiger partial charge in [-0.1, -0.05) is 63.2 Å². The van der Waals surface area contributed by atoms with Gasteiger partial charge >= 0.3 is 0 Å². The van der Waals surface area contributed by atoms with Crippen LogP contribution in [0, 0.1) is 13.8 Å². The maximum atomic E-state index is 6.17. The molecule has 0 aliphatic heterocycles. The van der Waals surface area contributed by atoms with E-state index in [1.165, 1.54) is 22.3 Å². The maximum absolute atomic E-state index is 6.17. The van der Waals surface area contributed by atoms with E-state index < -0.39 is 0 Å². The van der Waals surface area contributed by atoms with Crippen LogP contribution in [0.3, 0.4) is 0 Å². The SMILES string of the molecule is Cc1cc(C(C)(C)C)cc(C)c1-c1cc2cc(-c3ccccc3)ncc2o1. The Balaban J connectivity index is 1.81. The second kappa shape index (κ2) is 6.38. The summed E-state index contributed by atoms with van der Waals surface area (Å²) in [5, 5.41) is 1.08. The zero-order valence-corrected chi connectivity index (χ0v) is 16.6. The number of hydrogen-bond acceptors (Lipinski definition) is 2. The van der Waals surface area contributed by atoms with Crippen LogP contribution in [0.4, 0.5) is 0 Å². The Morgan fingerprint density at radius 1 is 0.852 bits per heavy atom. The molecule has 0 saturated carbocycles. The molecule has 2 aromatic heterocycles. The van der Waals surface area contributed by atoms with Crippen molar-refractivity contribution in [1.29, 1.82) is 0 Å². The monoisotopic (exact) mass is 355 g/mol. The van der Waals surface area contributed by atoms with Crippen molar-refractivity contribution >= 4 is 11.0 Å². The normalized spacial score (nSPS) is 11.9.